The van der Waals surface area contributed by atoms with E-state index in [1.807, 2.05) is 18.2 Å². The summed E-state index contributed by atoms with van der Waals surface area (Å²) in [5, 5.41) is 9.76. The van der Waals surface area contributed by atoms with E-state index >= 15 is 0 Å². The number of unbranched alkanes of at least 4 members (excludes halogenated alkanes) is 2. The molecule has 1 atom stereocenters. The summed E-state index contributed by atoms with van der Waals surface area (Å²) >= 11 is 0. The lowest BCUT2D eigenvalue weighted by atomic mass is 10.2. The van der Waals surface area contributed by atoms with Gasteiger partial charge in [0.25, 0.3) is 0 Å². The van der Waals surface area contributed by atoms with Crippen LogP contribution < -0.4 is 4.74 Å². The van der Waals surface area contributed by atoms with Crippen molar-refractivity contribution < 1.29 is 14.6 Å². The van der Waals surface area contributed by atoms with Gasteiger partial charge in [-0.2, -0.15) is 0 Å². The summed E-state index contributed by atoms with van der Waals surface area (Å²) in [5.74, 6) is 0.730. The van der Waals surface area contributed by atoms with Crippen molar-refractivity contribution in [2.24, 2.45) is 0 Å². The normalized spacial score (nSPS) is 12.4. The Labute approximate surface area is 97.0 Å². The van der Waals surface area contributed by atoms with Crippen molar-refractivity contribution in [3.63, 3.8) is 0 Å². The lowest BCUT2D eigenvalue weighted by molar-refractivity contribution is -0.103. The zero-order valence-corrected chi connectivity index (χ0v) is 9.98. The van der Waals surface area contributed by atoms with Crippen LogP contribution in [0.15, 0.2) is 24.3 Å². The van der Waals surface area contributed by atoms with Crippen LogP contribution in [-0.2, 0) is 4.74 Å². The average molecular weight is 224 g/mol. The molecule has 3 nitrogen and oxygen atoms in total. The molecule has 1 aromatic carbocycles. The molecule has 0 aliphatic heterocycles. The fourth-order valence-corrected chi connectivity index (χ4v) is 1.44. The van der Waals surface area contributed by atoms with Crippen molar-refractivity contribution in [3.05, 3.63) is 29.8 Å². The zero-order valence-electron chi connectivity index (χ0n) is 9.98. The highest BCUT2D eigenvalue weighted by Crippen LogP contribution is 2.20. The monoisotopic (exact) mass is 224 g/mol. The van der Waals surface area contributed by atoms with Gasteiger partial charge in [-0.1, -0.05) is 31.9 Å². The maximum Gasteiger partial charge on any atom is 0.181 e. The summed E-state index contributed by atoms with van der Waals surface area (Å²) in [4.78, 5) is 0. The van der Waals surface area contributed by atoms with Crippen molar-refractivity contribution in [1.29, 1.82) is 0 Å². The number of benzene rings is 1. The molecule has 0 aliphatic rings. The largest absolute Gasteiger partial charge is 0.497 e. The van der Waals surface area contributed by atoms with E-state index in [1.54, 1.807) is 13.2 Å². The number of methoxy groups -OCH3 is 1. The van der Waals surface area contributed by atoms with Gasteiger partial charge in [0.2, 0.25) is 0 Å². The maximum absolute atomic E-state index is 9.76. The summed E-state index contributed by atoms with van der Waals surface area (Å²) in [7, 11) is 1.60. The third-order valence-corrected chi connectivity index (χ3v) is 2.40. The van der Waals surface area contributed by atoms with E-state index in [1.165, 1.54) is 0 Å². The van der Waals surface area contributed by atoms with E-state index in [-0.39, 0.29) is 0 Å². The van der Waals surface area contributed by atoms with Gasteiger partial charge in [-0.25, -0.2) is 0 Å². The minimum Gasteiger partial charge on any atom is -0.497 e. The Morgan fingerprint density at radius 2 is 2.12 bits per heavy atom. The lowest BCUT2D eigenvalue weighted by Gasteiger charge is -2.12. The van der Waals surface area contributed by atoms with Crippen LogP contribution in [0.3, 0.4) is 0 Å². The highest BCUT2D eigenvalue weighted by Gasteiger charge is 2.07. The molecule has 0 spiro atoms. The predicted octanol–water partition coefficient (Wildman–Crippen LogP) is 2.89. The van der Waals surface area contributed by atoms with Gasteiger partial charge < -0.3 is 14.6 Å². The Bertz CT molecular complexity index is 299. The number of aliphatic hydroxyl groups is 1. The van der Waals surface area contributed by atoms with Crippen molar-refractivity contribution in [2.75, 3.05) is 13.7 Å². The summed E-state index contributed by atoms with van der Waals surface area (Å²) in [6, 6.07) is 7.29. The van der Waals surface area contributed by atoms with Crippen LogP contribution in [0.4, 0.5) is 0 Å². The van der Waals surface area contributed by atoms with Gasteiger partial charge in [0.15, 0.2) is 6.29 Å². The molecule has 1 rings (SSSR count). The summed E-state index contributed by atoms with van der Waals surface area (Å²) in [5.41, 5.74) is 0.732. The van der Waals surface area contributed by atoms with Crippen molar-refractivity contribution in [3.8, 4) is 5.75 Å². The van der Waals surface area contributed by atoms with Gasteiger partial charge in [0, 0.05) is 5.56 Å². The van der Waals surface area contributed by atoms with E-state index in [4.69, 9.17) is 9.47 Å². The SMILES string of the molecule is CCCCCOC(O)c1cccc(OC)c1. The van der Waals surface area contributed by atoms with Crippen LogP contribution in [0.1, 0.15) is 38.0 Å². The number of aliphatic hydroxyl groups excluding tert-OH is 1. The zero-order chi connectivity index (χ0) is 11.8. The molecule has 0 fully saturated rings. The van der Waals surface area contributed by atoms with E-state index in [0.717, 1.165) is 30.6 Å². The molecule has 3 heteroatoms. The van der Waals surface area contributed by atoms with Gasteiger partial charge >= 0.3 is 0 Å². The molecule has 0 saturated heterocycles. The molecule has 0 bridgehead atoms. The van der Waals surface area contributed by atoms with Crippen LogP contribution in [0, 0.1) is 0 Å². The molecule has 0 aliphatic carbocycles. The molecule has 0 heterocycles. The molecule has 1 aromatic rings. The van der Waals surface area contributed by atoms with E-state index in [0.29, 0.717) is 6.61 Å². The van der Waals surface area contributed by atoms with E-state index in [9.17, 15) is 5.11 Å². The molecular weight excluding hydrogens is 204 g/mol. The molecule has 90 valence electrons. The third-order valence-electron chi connectivity index (χ3n) is 2.40. The molecule has 0 amide bonds. The second-order valence-corrected chi connectivity index (χ2v) is 3.71. The molecule has 0 aromatic heterocycles. The van der Waals surface area contributed by atoms with Gasteiger partial charge in [0.1, 0.15) is 5.75 Å². The second-order valence-electron chi connectivity index (χ2n) is 3.71. The maximum atomic E-state index is 9.76. The fourth-order valence-electron chi connectivity index (χ4n) is 1.44. The molecule has 16 heavy (non-hydrogen) atoms. The summed E-state index contributed by atoms with van der Waals surface area (Å²) in [6.07, 6.45) is 2.41. The Morgan fingerprint density at radius 1 is 1.31 bits per heavy atom. The average Bonchev–Trinajstić information content (AvgIpc) is 2.34. The van der Waals surface area contributed by atoms with Crippen LogP contribution >= 0.6 is 0 Å². The highest BCUT2D eigenvalue weighted by atomic mass is 16.6. The Hall–Kier alpha value is -1.06. The first-order chi connectivity index (χ1) is 7.77. The number of rotatable bonds is 7. The van der Waals surface area contributed by atoms with Crippen LogP contribution in [-0.4, -0.2) is 18.8 Å². The Kier molecular flexibility index (Phi) is 5.90. The topological polar surface area (TPSA) is 38.7 Å². The van der Waals surface area contributed by atoms with Crippen molar-refractivity contribution in [2.45, 2.75) is 32.5 Å². The summed E-state index contributed by atoms with van der Waals surface area (Å²) < 4.78 is 10.4. The highest BCUT2D eigenvalue weighted by molar-refractivity contribution is 5.28. The first-order valence-corrected chi connectivity index (χ1v) is 5.71. The first-order valence-electron chi connectivity index (χ1n) is 5.71. The van der Waals surface area contributed by atoms with Gasteiger partial charge in [-0.05, 0) is 18.6 Å². The molecular formula is C13H20O3. The van der Waals surface area contributed by atoms with Crippen LogP contribution in [0.5, 0.6) is 5.75 Å². The van der Waals surface area contributed by atoms with E-state index in [2.05, 4.69) is 6.92 Å². The van der Waals surface area contributed by atoms with Crippen LogP contribution in [0.2, 0.25) is 0 Å². The number of hydrogen-bond acceptors (Lipinski definition) is 3. The molecule has 1 N–H and O–H groups in total. The Morgan fingerprint density at radius 3 is 2.81 bits per heavy atom. The van der Waals surface area contributed by atoms with Crippen LogP contribution in [0.25, 0.3) is 0 Å². The molecule has 0 saturated carbocycles. The fraction of sp³-hybridized carbons (Fsp3) is 0.538. The lowest BCUT2D eigenvalue weighted by Crippen LogP contribution is -2.04. The van der Waals surface area contributed by atoms with E-state index < -0.39 is 6.29 Å². The Balaban J connectivity index is 2.42. The minimum absolute atomic E-state index is 0.590. The van der Waals surface area contributed by atoms with Gasteiger partial charge in [0.05, 0.1) is 13.7 Å². The number of hydrogen-bond donors (Lipinski definition) is 1. The number of ether oxygens (including phenoxy) is 2. The first kappa shape index (κ1) is 13.0. The summed E-state index contributed by atoms with van der Waals surface area (Å²) in [6.45, 7) is 2.73. The van der Waals surface area contributed by atoms with Gasteiger partial charge in [-0.3, -0.25) is 0 Å². The van der Waals surface area contributed by atoms with Crippen molar-refractivity contribution in [1.82, 2.24) is 0 Å². The quantitative estimate of drug-likeness (QED) is 0.571. The predicted molar refractivity (Wildman–Crippen MR) is 63.4 cm³/mol. The minimum atomic E-state index is -0.855. The van der Waals surface area contributed by atoms with Gasteiger partial charge in [-0.15, -0.1) is 0 Å². The third kappa shape index (κ3) is 4.21. The molecule has 1 unspecified atom stereocenters. The smallest absolute Gasteiger partial charge is 0.181 e. The van der Waals surface area contributed by atoms with Crippen molar-refractivity contribution >= 4 is 0 Å². The molecule has 0 radical (unpaired) electrons. The second kappa shape index (κ2) is 7.25. The standard InChI is InChI=1S/C13H20O3/c1-3-4-5-9-16-13(14)11-7-6-8-12(10-11)15-2/h6-8,10,13-14H,3-5,9H2,1-2H3.